The number of carbonyl (C=O) groups is 2. The minimum absolute atomic E-state index is 0.0332. The summed E-state index contributed by atoms with van der Waals surface area (Å²) in [6.07, 6.45) is 6.51. The molecule has 0 aromatic carbocycles. The van der Waals surface area contributed by atoms with Crippen LogP contribution in [0, 0.1) is 0 Å². The first-order valence-electron chi connectivity index (χ1n) is 27.8. The van der Waals surface area contributed by atoms with Crippen LogP contribution < -0.4 is 73.4 Å². The number of hydrogen-bond donors (Lipinski definition) is 9. The van der Waals surface area contributed by atoms with Crippen molar-refractivity contribution in [3.8, 4) is 40.5 Å². The molecule has 0 spiro atoms. The van der Waals surface area contributed by atoms with Crippen LogP contribution in [-0.4, -0.2) is 122 Å². The van der Waals surface area contributed by atoms with Crippen molar-refractivity contribution in [2.75, 3.05) is 60.9 Å². The van der Waals surface area contributed by atoms with Crippen LogP contribution in [0.25, 0.3) is 62.9 Å². The average molecular weight is 1720 g/mol. The van der Waals surface area contributed by atoms with Crippen LogP contribution in [0.4, 0.5) is 40.9 Å². The van der Waals surface area contributed by atoms with Crippen molar-refractivity contribution in [1.82, 2.24) is 75.4 Å². The van der Waals surface area contributed by atoms with Crippen molar-refractivity contribution >= 4 is 231 Å². The van der Waals surface area contributed by atoms with Crippen molar-refractivity contribution < 1.29 is 33.3 Å². The van der Waals surface area contributed by atoms with Gasteiger partial charge in [-0.25, -0.2) is 54.4 Å². The third-order valence-electron chi connectivity index (χ3n) is 10.9. The highest BCUT2D eigenvalue weighted by Gasteiger charge is 2.18. The number of aromatic amines is 1. The number of urea groups is 2. The number of nitrogens with two attached hydrogens (primary N) is 4. The van der Waals surface area contributed by atoms with E-state index in [2.05, 4.69) is 166 Å². The van der Waals surface area contributed by atoms with Crippen molar-refractivity contribution in [3.05, 3.63) is 94.0 Å². The number of nitrogens with one attached hydrogen (secondary N) is 5. The minimum atomic E-state index is -0.295. The first kappa shape index (κ1) is 74.8. The SMILES string of the molecule is CC(C)Oc1nc2sc(N)nc2cc1Br.CCNC(=O)Nc1nc2cc(-c3cncnc3)c(OC(C)C)nc2s1.CCNC(=O)Nc1nc2cc(Br)c(OC(C)C)nc2s1.COc1nc2sc(N)nc2cc1Br.COc1ncc(N)cc1Br.Nc1nc2cc(Br)c(=O)[nH]c2s1. The summed E-state index contributed by atoms with van der Waals surface area (Å²) in [7, 11) is 3.13. The van der Waals surface area contributed by atoms with Crippen LogP contribution in [0.1, 0.15) is 55.4 Å². The molecule has 12 rings (SSSR count). The number of anilines is 6. The number of ether oxygens (including phenoxy) is 5. The zero-order chi connectivity index (χ0) is 69.2. The molecule has 502 valence electrons. The van der Waals surface area contributed by atoms with Crippen molar-refractivity contribution in [2.24, 2.45) is 0 Å². The quantitative estimate of drug-likeness (QED) is 0.0517. The number of H-pyrrole nitrogens is 1. The fourth-order valence-electron chi connectivity index (χ4n) is 7.26. The van der Waals surface area contributed by atoms with E-state index >= 15 is 0 Å². The van der Waals surface area contributed by atoms with Gasteiger partial charge in [-0.1, -0.05) is 56.7 Å². The number of fused-ring (bicyclic) bond motifs is 5. The molecular formula is C56H60Br5N21O8S5. The molecule has 0 aliphatic rings. The van der Waals surface area contributed by atoms with Gasteiger partial charge in [0.15, 0.2) is 25.7 Å². The number of aromatic nitrogens is 13. The second kappa shape index (κ2) is 35.4. The Morgan fingerprint density at radius 2 is 0.895 bits per heavy atom. The van der Waals surface area contributed by atoms with Gasteiger partial charge < -0.3 is 62.2 Å². The predicted octanol–water partition coefficient (Wildman–Crippen LogP) is 14.1. The number of amides is 4. The van der Waals surface area contributed by atoms with Crippen LogP contribution in [0.15, 0.2) is 88.5 Å². The summed E-state index contributed by atoms with van der Waals surface area (Å²) < 4.78 is 30.5. The summed E-state index contributed by atoms with van der Waals surface area (Å²) >= 11 is 23.0. The number of methoxy groups -OCH3 is 2. The molecule has 13 N–H and O–H groups in total. The lowest BCUT2D eigenvalue weighted by atomic mass is 10.1. The van der Waals surface area contributed by atoms with Gasteiger partial charge in [-0.3, -0.25) is 15.4 Å². The Morgan fingerprint density at radius 1 is 0.495 bits per heavy atom. The smallest absolute Gasteiger partial charge is 0.321 e. The molecule has 0 bridgehead atoms. The van der Waals surface area contributed by atoms with Gasteiger partial charge in [0.2, 0.25) is 29.4 Å². The lowest BCUT2D eigenvalue weighted by Gasteiger charge is -2.12. The Balaban J connectivity index is 0.000000165. The summed E-state index contributed by atoms with van der Waals surface area (Å²) in [5.41, 5.74) is 27.7. The topological polar surface area (TPSA) is 420 Å². The summed E-state index contributed by atoms with van der Waals surface area (Å²) in [6, 6.07) is 10.2. The van der Waals surface area contributed by atoms with Crippen LogP contribution in [0.2, 0.25) is 0 Å². The Bertz CT molecular complexity index is 4660. The Morgan fingerprint density at radius 3 is 1.37 bits per heavy atom. The maximum Gasteiger partial charge on any atom is 0.321 e. The molecule has 0 saturated carbocycles. The van der Waals surface area contributed by atoms with Crippen molar-refractivity contribution in [2.45, 2.75) is 73.7 Å². The lowest BCUT2D eigenvalue weighted by Crippen LogP contribution is -2.28. The molecular weight excluding hydrogens is 1650 g/mol. The van der Waals surface area contributed by atoms with Gasteiger partial charge in [-0.15, -0.1) is 0 Å². The first-order valence-corrected chi connectivity index (χ1v) is 35.8. The number of nitrogens with zero attached hydrogens (tertiary/aromatic N) is 12. The number of carbonyl (C=O) groups excluding carboxylic acids is 2. The molecule has 4 amide bonds. The van der Waals surface area contributed by atoms with Gasteiger partial charge in [0.25, 0.3) is 5.56 Å². The Hall–Kier alpha value is -7.63. The lowest BCUT2D eigenvalue weighted by molar-refractivity contribution is 0.231. The second-order valence-electron chi connectivity index (χ2n) is 19.4. The molecule has 0 aliphatic heterocycles. The number of rotatable bonds is 13. The molecule has 0 saturated heterocycles. The Labute approximate surface area is 603 Å². The van der Waals surface area contributed by atoms with E-state index in [9.17, 15) is 14.4 Å². The molecule has 0 fully saturated rings. The third kappa shape index (κ3) is 21.9. The van der Waals surface area contributed by atoms with Crippen LogP contribution in [0.5, 0.6) is 29.4 Å². The van der Waals surface area contributed by atoms with Gasteiger partial charge in [-0.05, 0) is 171 Å². The molecule has 29 nitrogen and oxygen atoms in total. The monoisotopic (exact) mass is 1710 g/mol. The van der Waals surface area contributed by atoms with Crippen LogP contribution >= 0.6 is 136 Å². The molecule has 95 heavy (non-hydrogen) atoms. The number of nitrogen functional groups attached to an aromatic ring is 4. The highest BCUT2D eigenvalue weighted by Crippen LogP contribution is 2.37. The maximum absolute atomic E-state index is 11.7. The molecule has 0 radical (unpaired) electrons. The normalized spacial score (nSPS) is 10.7. The predicted molar refractivity (Wildman–Crippen MR) is 397 cm³/mol. The molecule has 0 unspecified atom stereocenters. The van der Waals surface area contributed by atoms with E-state index < -0.39 is 0 Å². The fourth-order valence-corrected chi connectivity index (χ4v) is 13.1. The molecule has 0 atom stereocenters. The van der Waals surface area contributed by atoms with E-state index in [1.54, 1.807) is 44.9 Å². The van der Waals surface area contributed by atoms with E-state index in [0.29, 0.717) is 105 Å². The molecule has 39 heteroatoms. The standard InChI is InChI=1S/C16H18N6O2S.C12H15BrN4O2S.C9H10BrN3OS.C7H6BrN3OS.C6H4BrN3OS.C6H7BrN2O/c1-4-19-15(23)22-16-20-12-5-11(10-6-17-8-18-7-10)13(24-9(2)3)21-14(12)25-16;1-4-14-11(18)17-12-15-8-5-7(13)9(19-6(2)3)16-10(8)20-12;1-4(2)14-7-5(10)3-6-8(13-7)15-9(11)12-6;1-12-5-3(8)2-4-6(11-5)13-7(9)10-4;7-2-1-3-5(10-4(2)11)12-6(8)9-3;1-10-6-5(7)2-4(8)3-9-6/h5-9H,4H2,1-3H3,(H2,19,20,22,23);5-6H,4H2,1-3H3,(H2,14,15,17,18);3-4H,1-2H3,(H2,11,12);2H,1H3,(H2,9,10);1H,(H2,8,9)(H,10,11);2-3H,8H2,1H3. The van der Waals surface area contributed by atoms with Crippen LogP contribution in [-0.2, 0) is 0 Å². The highest BCUT2D eigenvalue weighted by atomic mass is 79.9. The van der Waals surface area contributed by atoms with Crippen molar-refractivity contribution in [1.29, 1.82) is 0 Å². The Kier molecular flexibility index (Phi) is 27.8. The van der Waals surface area contributed by atoms with E-state index in [4.69, 9.17) is 46.6 Å². The zero-order valence-electron chi connectivity index (χ0n) is 51.8. The molecule has 0 aliphatic carbocycles. The first-order chi connectivity index (χ1) is 45.2. The summed E-state index contributed by atoms with van der Waals surface area (Å²) in [5, 5.41) is 13.2. The molecule has 12 aromatic heterocycles. The number of pyridine rings is 6. The number of thiazole rings is 5. The van der Waals surface area contributed by atoms with Gasteiger partial charge in [0.05, 0.1) is 66.8 Å². The van der Waals surface area contributed by atoms with E-state index in [0.717, 1.165) is 54.5 Å². The van der Waals surface area contributed by atoms with Crippen molar-refractivity contribution in [3.63, 3.8) is 0 Å². The number of halogens is 5. The summed E-state index contributed by atoms with van der Waals surface area (Å²) in [6.45, 7) is 16.5. The number of hydrogen-bond acceptors (Lipinski definition) is 29. The fraction of sp³-hybridized carbons (Fsp3) is 0.268. The maximum atomic E-state index is 11.7. The largest absolute Gasteiger partial charge is 0.480 e. The molecule has 12 aromatic rings. The van der Waals surface area contributed by atoms with Crippen LogP contribution in [0.3, 0.4) is 0 Å². The highest BCUT2D eigenvalue weighted by molar-refractivity contribution is 9.11. The van der Waals surface area contributed by atoms with Gasteiger partial charge in [0, 0.05) is 36.6 Å². The second-order valence-corrected chi connectivity index (χ2v) is 28.7. The van der Waals surface area contributed by atoms with E-state index in [1.165, 1.54) is 63.0 Å². The average Bonchev–Trinajstić information content (AvgIpc) is 1.76. The summed E-state index contributed by atoms with van der Waals surface area (Å²) in [5.74, 6) is 2.71. The van der Waals surface area contributed by atoms with E-state index in [-0.39, 0.29) is 35.9 Å². The van der Waals surface area contributed by atoms with Gasteiger partial charge >= 0.3 is 12.1 Å². The minimum Gasteiger partial charge on any atom is -0.480 e. The summed E-state index contributed by atoms with van der Waals surface area (Å²) in [4.78, 5) is 91.1. The van der Waals surface area contributed by atoms with Gasteiger partial charge in [-0.2, -0.15) is 15.0 Å². The third-order valence-corrected chi connectivity index (χ3v) is 17.9. The van der Waals surface area contributed by atoms with E-state index in [1.807, 2.05) is 79.7 Å². The van der Waals surface area contributed by atoms with Gasteiger partial charge in [0.1, 0.15) is 58.1 Å². The molecule has 12 heterocycles. The zero-order valence-corrected chi connectivity index (χ0v) is 63.8.